The molecule has 0 bridgehead atoms. The molecule has 1 saturated heterocycles. The van der Waals surface area contributed by atoms with Gasteiger partial charge >= 0.3 is 0 Å². The van der Waals surface area contributed by atoms with Gasteiger partial charge < -0.3 is 15.5 Å². The van der Waals surface area contributed by atoms with Crippen LogP contribution in [0.3, 0.4) is 0 Å². The predicted octanol–water partition coefficient (Wildman–Crippen LogP) is 0.321. The summed E-state index contributed by atoms with van der Waals surface area (Å²) < 4.78 is 32.2. The number of nitrogens with one attached hydrogen (secondary N) is 2. The van der Waals surface area contributed by atoms with Crippen LogP contribution >= 0.6 is 0 Å². The monoisotopic (exact) mass is 273 g/mol. The number of nitrogens with two attached hydrogens (primary N) is 1. The lowest BCUT2D eigenvalue weighted by molar-refractivity contribution is 0.0250. The van der Waals surface area contributed by atoms with E-state index < -0.39 is 10.0 Å². The molecule has 6 nitrogen and oxygen atoms in total. The Labute approximate surface area is 107 Å². The SMILES string of the molecule is CC1(CNS(=O)(=O)c2c[nH]c(CN)c2)CCCO1. The normalized spacial score (nSPS) is 24.6. The van der Waals surface area contributed by atoms with Gasteiger partial charge in [0.1, 0.15) is 0 Å². The van der Waals surface area contributed by atoms with Crippen LogP contribution in [0.25, 0.3) is 0 Å². The molecule has 102 valence electrons. The van der Waals surface area contributed by atoms with E-state index in [2.05, 4.69) is 9.71 Å². The van der Waals surface area contributed by atoms with E-state index in [4.69, 9.17) is 10.5 Å². The first kappa shape index (κ1) is 13.5. The van der Waals surface area contributed by atoms with Crippen molar-refractivity contribution in [2.75, 3.05) is 13.2 Å². The van der Waals surface area contributed by atoms with E-state index in [-0.39, 0.29) is 17.0 Å². The molecular weight excluding hydrogens is 254 g/mol. The summed E-state index contributed by atoms with van der Waals surface area (Å²) in [5.74, 6) is 0. The highest BCUT2D eigenvalue weighted by Crippen LogP contribution is 2.24. The zero-order valence-corrected chi connectivity index (χ0v) is 11.2. The van der Waals surface area contributed by atoms with E-state index in [1.54, 1.807) is 6.07 Å². The Hall–Kier alpha value is -0.890. The van der Waals surface area contributed by atoms with Crippen molar-refractivity contribution in [1.29, 1.82) is 0 Å². The molecule has 4 N–H and O–H groups in total. The van der Waals surface area contributed by atoms with Crippen LogP contribution in [-0.2, 0) is 21.3 Å². The highest BCUT2D eigenvalue weighted by Gasteiger charge is 2.31. The molecule has 1 unspecified atom stereocenters. The highest BCUT2D eigenvalue weighted by molar-refractivity contribution is 7.89. The molecule has 1 aromatic heterocycles. The average molecular weight is 273 g/mol. The molecule has 0 aromatic carbocycles. The summed E-state index contributed by atoms with van der Waals surface area (Å²) in [4.78, 5) is 3.04. The number of ether oxygens (including phenoxy) is 1. The van der Waals surface area contributed by atoms with Gasteiger partial charge in [-0.15, -0.1) is 0 Å². The fourth-order valence-corrected chi connectivity index (χ4v) is 3.17. The van der Waals surface area contributed by atoms with Crippen molar-refractivity contribution in [1.82, 2.24) is 9.71 Å². The Morgan fingerprint density at radius 2 is 2.39 bits per heavy atom. The Kier molecular flexibility index (Phi) is 3.76. The van der Waals surface area contributed by atoms with Crippen LogP contribution in [0.1, 0.15) is 25.5 Å². The van der Waals surface area contributed by atoms with Crippen molar-refractivity contribution in [3.05, 3.63) is 18.0 Å². The third kappa shape index (κ3) is 2.92. The number of hydrogen-bond acceptors (Lipinski definition) is 4. The molecule has 1 aliphatic rings. The Balaban J connectivity index is 2.03. The third-order valence-electron chi connectivity index (χ3n) is 3.18. The van der Waals surface area contributed by atoms with Crippen molar-refractivity contribution in [3.8, 4) is 0 Å². The summed E-state index contributed by atoms with van der Waals surface area (Å²) in [6.07, 6.45) is 3.29. The zero-order chi connectivity index (χ0) is 13.2. The number of aromatic amines is 1. The van der Waals surface area contributed by atoms with Crippen LogP contribution in [0.4, 0.5) is 0 Å². The van der Waals surface area contributed by atoms with Gasteiger partial charge in [-0.25, -0.2) is 13.1 Å². The van der Waals surface area contributed by atoms with Gasteiger partial charge in [0.2, 0.25) is 10.0 Å². The maximum atomic E-state index is 12.0. The minimum absolute atomic E-state index is 0.213. The topological polar surface area (TPSA) is 97.2 Å². The van der Waals surface area contributed by atoms with Crippen molar-refractivity contribution < 1.29 is 13.2 Å². The molecule has 7 heteroatoms. The molecule has 0 aliphatic carbocycles. The van der Waals surface area contributed by atoms with Gasteiger partial charge in [0.05, 0.1) is 10.5 Å². The summed E-state index contributed by atoms with van der Waals surface area (Å²) in [6, 6.07) is 1.54. The van der Waals surface area contributed by atoms with Gasteiger partial charge in [0.15, 0.2) is 0 Å². The van der Waals surface area contributed by atoms with Crippen molar-refractivity contribution in [2.24, 2.45) is 5.73 Å². The number of H-pyrrole nitrogens is 1. The molecular formula is C11H19N3O3S. The van der Waals surface area contributed by atoms with E-state index >= 15 is 0 Å². The first-order valence-electron chi connectivity index (χ1n) is 5.96. The maximum absolute atomic E-state index is 12.0. The van der Waals surface area contributed by atoms with Crippen molar-refractivity contribution in [3.63, 3.8) is 0 Å². The van der Waals surface area contributed by atoms with E-state index in [0.29, 0.717) is 18.8 Å². The second-order valence-electron chi connectivity index (χ2n) is 4.79. The molecule has 1 aliphatic heterocycles. The number of aromatic nitrogens is 1. The number of rotatable bonds is 5. The molecule has 2 rings (SSSR count). The fraction of sp³-hybridized carbons (Fsp3) is 0.636. The predicted molar refractivity (Wildman–Crippen MR) is 67.5 cm³/mol. The second-order valence-corrected chi connectivity index (χ2v) is 6.56. The van der Waals surface area contributed by atoms with Gasteiger partial charge in [0, 0.05) is 31.6 Å². The molecule has 18 heavy (non-hydrogen) atoms. The quantitative estimate of drug-likeness (QED) is 0.719. The Morgan fingerprint density at radius 1 is 1.61 bits per heavy atom. The van der Waals surface area contributed by atoms with Crippen LogP contribution in [-0.4, -0.2) is 32.2 Å². The van der Waals surface area contributed by atoms with E-state index in [1.165, 1.54) is 6.20 Å². The summed E-state index contributed by atoms with van der Waals surface area (Å²) in [6.45, 7) is 3.19. The lowest BCUT2D eigenvalue weighted by atomic mass is 10.0. The first-order valence-corrected chi connectivity index (χ1v) is 7.44. The van der Waals surface area contributed by atoms with Gasteiger partial charge in [-0.05, 0) is 25.8 Å². The largest absolute Gasteiger partial charge is 0.374 e. The summed E-state index contributed by atoms with van der Waals surface area (Å²) >= 11 is 0. The van der Waals surface area contributed by atoms with Crippen LogP contribution in [0.5, 0.6) is 0 Å². The standard InChI is InChI=1S/C11H19N3O3S/c1-11(3-2-4-17-11)8-14-18(15,16)10-5-9(6-12)13-7-10/h5,7,13-14H,2-4,6,8,12H2,1H3. The third-order valence-corrected chi connectivity index (χ3v) is 4.56. The molecule has 1 aromatic rings. The van der Waals surface area contributed by atoms with Gasteiger partial charge in [0.25, 0.3) is 0 Å². The summed E-state index contributed by atoms with van der Waals surface area (Å²) in [5.41, 5.74) is 5.74. The van der Waals surface area contributed by atoms with E-state index in [0.717, 1.165) is 12.8 Å². The lowest BCUT2D eigenvalue weighted by Gasteiger charge is -2.23. The summed E-state index contributed by atoms with van der Waals surface area (Å²) in [5, 5.41) is 0. The first-order chi connectivity index (χ1) is 8.45. The highest BCUT2D eigenvalue weighted by atomic mass is 32.2. The van der Waals surface area contributed by atoms with Crippen molar-refractivity contribution >= 4 is 10.0 Å². The molecule has 2 heterocycles. The molecule has 0 saturated carbocycles. The van der Waals surface area contributed by atoms with Gasteiger partial charge in [-0.2, -0.15) is 0 Å². The van der Waals surface area contributed by atoms with E-state index in [9.17, 15) is 8.42 Å². The maximum Gasteiger partial charge on any atom is 0.242 e. The van der Waals surface area contributed by atoms with Crippen LogP contribution in [0.15, 0.2) is 17.2 Å². The Morgan fingerprint density at radius 3 is 2.94 bits per heavy atom. The minimum Gasteiger partial charge on any atom is -0.374 e. The molecule has 0 spiro atoms. The molecule has 1 fully saturated rings. The van der Waals surface area contributed by atoms with Crippen LogP contribution in [0, 0.1) is 0 Å². The average Bonchev–Trinajstić information content (AvgIpc) is 2.96. The smallest absolute Gasteiger partial charge is 0.242 e. The molecule has 1 atom stereocenters. The van der Waals surface area contributed by atoms with Gasteiger partial charge in [-0.3, -0.25) is 0 Å². The fourth-order valence-electron chi connectivity index (χ4n) is 2.00. The van der Waals surface area contributed by atoms with Crippen LogP contribution in [0.2, 0.25) is 0 Å². The minimum atomic E-state index is -3.49. The lowest BCUT2D eigenvalue weighted by Crippen LogP contribution is -2.39. The van der Waals surface area contributed by atoms with Crippen LogP contribution < -0.4 is 10.5 Å². The second kappa shape index (κ2) is 5.00. The van der Waals surface area contributed by atoms with Gasteiger partial charge in [-0.1, -0.05) is 0 Å². The van der Waals surface area contributed by atoms with Crippen molar-refractivity contribution in [2.45, 2.75) is 36.8 Å². The molecule has 0 radical (unpaired) electrons. The summed E-state index contributed by atoms with van der Waals surface area (Å²) in [7, 11) is -3.49. The Bertz CT molecular complexity index is 503. The zero-order valence-electron chi connectivity index (χ0n) is 10.4. The number of hydrogen-bond donors (Lipinski definition) is 3. The number of sulfonamides is 1. The van der Waals surface area contributed by atoms with E-state index in [1.807, 2.05) is 6.92 Å². The molecule has 0 amide bonds.